The molecule has 1 rings (SSSR count). The summed E-state index contributed by atoms with van der Waals surface area (Å²) in [7, 11) is 0. The second kappa shape index (κ2) is 5.94. The van der Waals surface area contributed by atoms with E-state index >= 15 is 0 Å². The summed E-state index contributed by atoms with van der Waals surface area (Å²) in [5, 5.41) is 1.46. The summed E-state index contributed by atoms with van der Waals surface area (Å²) >= 11 is 2.56. The monoisotopic (exact) mass is 307 g/mol. The van der Waals surface area contributed by atoms with E-state index in [1.165, 1.54) is 5.30 Å². The molecule has 1 nitrogen and oxygen atoms in total. The molecule has 0 saturated heterocycles. The maximum atomic E-state index is 2.56. The van der Waals surface area contributed by atoms with Gasteiger partial charge in [0.05, 0.1) is 5.71 Å². The van der Waals surface area contributed by atoms with Crippen molar-refractivity contribution in [3.05, 3.63) is 30.3 Å². The van der Waals surface area contributed by atoms with Crippen LogP contribution in [-0.2, 0) is 0 Å². The van der Waals surface area contributed by atoms with Crippen molar-refractivity contribution >= 4 is 33.1 Å². The Balaban J connectivity index is 2.72. The van der Waals surface area contributed by atoms with Crippen molar-refractivity contribution in [3.8, 4) is 0 Å². The fourth-order valence-electron chi connectivity index (χ4n) is 1.19. The van der Waals surface area contributed by atoms with Gasteiger partial charge in [0, 0.05) is 18.4 Å². The highest BCUT2D eigenvalue weighted by molar-refractivity contribution is 14.2. The molecule has 0 aromatic heterocycles. The van der Waals surface area contributed by atoms with Crippen LogP contribution in [-0.4, -0.2) is 17.8 Å². The summed E-state index contributed by atoms with van der Waals surface area (Å²) in [4.78, 5) is 0. The molecule has 1 aromatic rings. The third-order valence-corrected chi connectivity index (χ3v) is 7.24. The number of nitrogens with zero attached hydrogens (tertiary/aromatic N) is 1. The van der Waals surface area contributed by atoms with E-state index in [9.17, 15) is 0 Å². The summed E-state index contributed by atoms with van der Waals surface area (Å²) in [6.45, 7) is 6.72. The van der Waals surface area contributed by atoms with Crippen molar-refractivity contribution in [1.82, 2.24) is 4.67 Å². The second-order valence-electron chi connectivity index (χ2n) is 2.73. The quantitative estimate of drug-likeness (QED) is 0.609. The summed E-state index contributed by atoms with van der Waals surface area (Å²) in [5.41, 5.74) is -0.136. The van der Waals surface area contributed by atoms with Gasteiger partial charge in [-0.3, -0.25) is 4.67 Å². The lowest BCUT2D eigenvalue weighted by atomic mass is 10.4. The zero-order valence-corrected chi connectivity index (χ0v) is 11.1. The molecule has 0 spiro atoms. The van der Waals surface area contributed by atoms with Gasteiger partial charge in [-0.05, 0) is 22.0 Å². The van der Waals surface area contributed by atoms with E-state index in [0.717, 1.165) is 13.1 Å². The van der Waals surface area contributed by atoms with E-state index in [1.54, 1.807) is 0 Å². The molecule has 0 fully saturated rings. The van der Waals surface area contributed by atoms with E-state index in [0.29, 0.717) is 0 Å². The zero-order chi connectivity index (χ0) is 9.68. The Morgan fingerprint density at radius 2 is 1.69 bits per heavy atom. The summed E-state index contributed by atoms with van der Waals surface area (Å²) < 4.78 is 2.51. The first-order chi connectivity index (χ1) is 6.29. The molecule has 1 aromatic carbocycles. The molecule has 0 amide bonds. The molecule has 0 bridgehead atoms. The van der Waals surface area contributed by atoms with Gasteiger partial charge in [0.15, 0.2) is 0 Å². The highest BCUT2D eigenvalue weighted by atomic mass is 127. The third-order valence-electron chi connectivity index (χ3n) is 1.95. The predicted octanol–water partition coefficient (Wildman–Crippen LogP) is 3.40. The lowest BCUT2D eigenvalue weighted by molar-refractivity contribution is 0.518. The van der Waals surface area contributed by atoms with Crippen LogP contribution in [0.5, 0.6) is 0 Å². The van der Waals surface area contributed by atoms with E-state index in [2.05, 4.69) is 70.9 Å². The Morgan fingerprint density at radius 3 is 2.15 bits per heavy atom. The van der Waals surface area contributed by atoms with Gasteiger partial charge in [0.1, 0.15) is 0 Å². The van der Waals surface area contributed by atoms with Gasteiger partial charge in [0.2, 0.25) is 0 Å². The Bertz CT molecular complexity index is 236. The third kappa shape index (κ3) is 3.19. The topological polar surface area (TPSA) is 3.24 Å². The van der Waals surface area contributed by atoms with Crippen molar-refractivity contribution in [2.75, 3.05) is 13.1 Å². The number of benzene rings is 1. The van der Waals surface area contributed by atoms with E-state index in [1.807, 2.05) is 0 Å². The highest BCUT2D eigenvalue weighted by Gasteiger charge is 2.12. The van der Waals surface area contributed by atoms with Gasteiger partial charge in [0.25, 0.3) is 0 Å². The lowest BCUT2D eigenvalue weighted by Crippen LogP contribution is -2.19. The van der Waals surface area contributed by atoms with Crippen molar-refractivity contribution in [2.45, 2.75) is 13.8 Å². The molecular formula is C10H15INP. The van der Waals surface area contributed by atoms with Crippen LogP contribution in [0.2, 0.25) is 0 Å². The summed E-state index contributed by atoms with van der Waals surface area (Å²) in [6.07, 6.45) is 0. The number of hydrogen-bond acceptors (Lipinski definition) is 1. The van der Waals surface area contributed by atoms with Gasteiger partial charge in [-0.25, -0.2) is 0 Å². The standard InChI is InChI=1S/C10H15INP/c1-3-12(4-2)13(11)10-8-6-5-7-9-10/h5-9H,3-4H2,1-2H3. The van der Waals surface area contributed by atoms with Crippen molar-refractivity contribution in [3.63, 3.8) is 0 Å². The number of halogens is 1. The van der Waals surface area contributed by atoms with Crippen LogP contribution in [0.1, 0.15) is 13.8 Å². The van der Waals surface area contributed by atoms with Gasteiger partial charge in [-0.1, -0.05) is 44.2 Å². The second-order valence-corrected chi connectivity index (χ2v) is 7.08. The molecule has 1 unspecified atom stereocenters. The first kappa shape index (κ1) is 11.4. The average molecular weight is 307 g/mol. The molecular weight excluding hydrogens is 292 g/mol. The number of hydrogen-bond donors (Lipinski definition) is 0. The zero-order valence-electron chi connectivity index (χ0n) is 8.07. The molecule has 3 heteroatoms. The smallest absolute Gasteiger partial charge is 0.0628 e. The fourth-order valence-corrected chi connectivity index (χ4v) is 5.22. The molecule has 72 valence electrons. The minimum absolute atomic E-state index is 0.136. The van der Waals surface area contributed by atoms with Crippen LogP contribution in [0.4, 0.5) is 0 Å². The molecule has 0 aliphatic rings. The molecule has 13 heavy (non-hydrogen) atoms. The first-order valence-corrected chi connectivity index (χ1v) is 8.63. The lowest BCUT2D eigenvalue weighted by Gasteiger charge is -2.24. The van der Waals surface area contributed by atoms with Crippen LogP contribution in [0.15, 0.2) is 30.3 Å². The minimum Gasteiger partial charge on any atom is -0.271 e. The molecule has 0 heterocycles. The van der Waals surface area contributed by atoms with Gasteiger partial charge < -0.3 is 0 Å². The van der Waals surface area contributed by atoms with Gasteiger partial charge in [-0.2, -0.15) is 0 Å². The Hall–Kier alpha value is 0.340. The highest BCUT2D eigenvalue weighted by Crippen LogP contribution is 2.46. The predicted molar refractivity (Wildman–Crippen MR) is 69.9 cm³/mol. The fraction of sp³-hybridized carbons (Fsp3) is 0.400. The Kier molecular flexibility index (Phi) is 5.22. The van der Waals surface area contributed by atoms with Gasteiger partial charge in [-0.15, -0.1) is 0 Å². The molecule has 0 aliphatic carbocycles. The molecule has 0 aliphatic heterocycles. The van der Waals surface area contributed by atoms with Crippen LogP contribution in [0.3, 0.4) is 0 Å². The van der Waals surface area contributed by atoms with Crippen molar-refractivity contribution < 1.29 is 0 Å². The first-order valence-electron chi connectivity index (χ1n) is 4.55. The normalized spacial score (nSPS) is 13.2. The molecule has 1 atom stereocenters. The molecule has 0 N–H and O–H groups in total. The minimum atomic E-state index is -0.136. The van der Waals surface area contributed by atoms with Crippen LogP contribution in [0.25, 0.3) is 0 Å². The van der Waals surface area contributed by atoms with Crippen LogP contribution >= 0.6 is 27.8 Å². The van der Waals surface area contributed by atoms with E-state index in [-0.39, 0.29) is 5.71 Å². The Morgan fingerprint density at radius 1 is 1.15 bits per heavy atom. The largest absolute Gasteiger partial charge is 0.271 e. The van der Waals surface area contributed by atoms with Crippen molar-refractivity contribution in [2.24, 2.45) is 0 Å². The van der Waals surface area contributed by atoms with Gasteiger partial charge >= 0.3 is 0 Å². The van der Waals surface area contributed by atoms with E-state index in [4.69, 9.17) is 0 Å². The molecule has 0 saturated carbocycles. The van der Waals surface area contributed by atoms with Crippen molar-refractivity contribution in [1.29, 1.82) is 0 Å². The Labute approximate surface area is 94.8 Å². The number of rotatable bonds is 4. The van der Waals surface area contributed by atoms with E-state index < -0.39 is 0 Å². The SMILES string of the molecule is CCN(CC)P(I)c1ccccc1. The van der Waals surface area contributed by atoms with Crippen LogP contribution in [0, 0.1) is 0 Å². The maximum Gasteiger partial charge on any atom is 0.0628 e. The maximum absolute atomic E-state index is 2.56. The van der Waals surface area contributed by atoms with Crippen LogP contribution < -0.4 is 5.30 Å². The summed E-state index contributed by atoms with van der Waals surface area (Å²) in [5.74, 6) is 0. The molecule has 0 radical (unpaired) electrons. The average Bonchev–Trinajstić information content (AvgIpc) is 2.21. The summed E-state index contributed by atoms with van der Waals surface area (Å²) in [6, 6.07) is 10.7.